The Labute approximate surface area is 162 Å². The summed E-state index contributed by atoms with van der Waals surface area (Å²) >= 11 is 0. The molecule has 146 valence electrons. The molecule has 7 heteroatoms. The van der Waals surface area contributed by atoms with E-state index in [1.54, 1.807) is 6.20 Å². The highest BCUT2D eigenvalue weighted by Gasteiger charge is 2.15. The quantitative estimate of drug-likeness (QED) is 0.400. The Kier molecular flexibility index (Phi) is 6.01. The molecule has 3 aromatic rings. The second-order valence-electron chi connectivity index (χ2n) is 8.15. The Balaban J connectivity index is 1.89. The lowest BCUT2D eigenvalue weighted by atomic mass is 10.1. The minimum absolute atomic E-state index is 0.503. The number of hydrogen-bond acceptors (Lipinski definition) is 4. The summed E-state index contributed by atoms with van der Waals surface area (Å²) in [6.45, 7) is 11.2. The fraction of sp³-hybridized carbons (Fsp3) is 0.500. The summed E-state index contributed by atoms with van der Waals surface area (Å²) in [5.41, 5.74) is 3.07. The van der Waals surface area contributed by atoms with E-state index >= 15 is 0 Å². The molecule has 0 aliphatic carbocycles. The van der Waals surface area contributed by atoms with Crippen LogP contribution in [0.4, 0.5) is 0 Å². The van der Waals surface area contributed by atoms with E-state index in [1.165, 1.54) is 0 Å². The first-order valence-electron chi connectivity index (χ1n) is 9.56. The zero-order valence-electron chi connectivity index (χ0n) is 17.0. The number of pyridine rings is 1. The summed E-state index contributed by atoms with van der Waals surface area (Å²) < 4.78 is 15.6. The van der Waals surface area contributed by atoms with Crippen molar-refractivity contribution < 1.29 is 9.47 Å². The van der Waals surface area contributed by atoms with Crippen LogP contribution in [0.5, 0.6) is 5.75 Å². The number of rotatable bonds is 9. The van der Waals surface area contributed by atoms with Crippen LogP contribution < -0.4 is 4.74 Å². The molecule has 0 aliphatic rings. The topological polar surface area (TPSA) is 54.1 Å². The Morgan fingerprint density at radius 1 is 1.11 bits per heavy atom. The molecule has 0 unspecified atom stereocenters. The van der Waals surface area contributed by atoms with E-state index in [9.17, 15) is 0 Å². The molecule has 0 radical (unpaired) electrons. The van der Waals surface area contributed by atoms with E-state index in [1.807, 2.05) is 24.1 Å². The van der Waals surface area contributed by atoms with E-state index in [2.05, 4.69) is 53.5 Å². The van der Waals surface area contributed by atoms with E-state index in [0.717, 1.165) is 47.0 Å². The van der Waals surface area contributed by atoms with Crippen molar-refractivity contribution in [1.29, 1.82) is 0 Å². The second-order valence-corrected chi connectivity index (χ2v) is 13.8. The van der Waals surface area contributed by atoms with Crippen LogP contribution >= 0.6 is 0 Å². The van der Waals surface area contributed by atoms with Crippen LogP contribution in [-0.4, -0.2) is 40.6 Å². The molecule has 0 amide bonds. The number of aromatic nitrogens is 4. The zero-order chi connectivity index (χ0) is 19.4. The molecule has 0 N–H and O–H groups in total. The molecule has 3 aromatic heterocycles. The number of aryl methyl sites for hydroxylation is 1. The van der Waals surface area contributed by atoms with Crippen molar-refractivity contribution in [1.82, 2.24) is 19.3 Å². The van der Waals surface area contributed by atoms with E-state index in [4.69, 9.17) is 9.47 Å². The van der Waals surface area contributed by atoms with E-state index < -0.39 is 8.07 Å². The summed E-state index contributed by atoms with van der Waals surface area (Å²) in [4.78, 5) is 4.65. The summed E-state index contributed by atoms with van der Waals surface area (Å²) in [7, 11) is 0.835. The molecule has 0 aromatic carbocycles. The molecule has 6 nitrogen and oxygen atoms in total. The van der Waals surface area contributed by atoms with Gasteiger partial charge in [-0.2, -0.15) is 5.10 Å². The predicted molar refractivity (Wildman–Crippen MR) is 112 cm³/mol. The molecule has 27 heavy (non-hydrogen) atoms. The number of hydrogen-bond donors (Lipinski definition) is 0. The summed E-state index contributed by atoms with van der Waals surface area (Å²) in [6, 6.07) is 3.23. The van der Waals surface area contributed by atoms with Gasteiger partial charge in [-0.15, -0.1) is 0 Å². The van der Waals surface area contributed by atoms with Crippen molar-refractivity contribution in [3.63, 3.8) is 0 Å². The van der Waals surface area contributed by atoms with Crippen molar-refractivity contribution in [3.8, 4) is 16.9 Å². The molecule has 0 fully saturated rings. The van der Waals surface area contributed by atoms with Gasteiger partial charge in [0.2, 0.25) is 0 Å². The van der Waals surface area contributed by atoms with Crippen molar-refractivity contribution in [2.24, 2.45) is 7.05 Å². The Bertz CT molecular complexity index is 895. The highest BCUT2D eigenvalue weighted by molar-refractivity contribution is 6.76. The van der Waals surface area contributed by atoms with Crippen LogP contribution in [0.1, 0.15) is 13.3 Å². The van der Waals surface area contributed by atoms with Crippen LogP contribution in [0, 0.1) is 0 Å². The predicted octanol–water partition coefficient (Wildman–Crippen LogP) is 4.54. The van der Waals surface area contributed by atoms with Gasteiger partial charge in [0.15, 0.2) is 0 Å². The van der Waals surface area contributed by atoms with Gasteiger partial charge >= 0.3 is 0 Å². The number of nitrogens with zero attached hydrogens (tertiary/aromatic N) is 4. The van der Waals surface area contributed by atoms with E-state index in [-0.39, 0.29) is 0 Å². The van der Waals surface area contributed by atoms with Gasteiger partial charge in [-0.25, -0.2) is 4.98 Å². The SMILES string of the molecule is CCCOc1cnc2c(c1)c(-c1cnn(C)c1)cn2COCC[Si](C)(C)C. The fourth-order valence-electron chi connectivity index (χ4n) is 2.88. The number of ether oxygens (including phenoxy) is 2. The lowest BCUT2D eigenvalue weighted by Crippen LogP contribution is -2.22. The maximum absolute atomic E-state index is 5.96. The monoisotopic (exact) mass is 386 g/mol. The van der Waals surface area contributed by atoms with Crippen LogP contribution in [0.2, 0.25) is 25.7 Å². The average Bonchev–Trinajstić information content (AvgIpc) is 3.19. The standard InChI is InChI=1S/C20H30N4O2Si/c1-6-7-26-17-10-18-19(16-11-22-23(2)13-16)14-24(20(18)21-12-17)15-25-8-9-27(3,4)5/h10-14H,6-9,15H2,1-5H3. The molecule has 0 bridgehead atoms. The Morgan fingerprint density at radius 2 is 1.93 bits per heavy atom. The summed E-state index contributed by atoms with van der Waals surface area (Å²) in [6.07, 6.45) is 8.77. The molecule has 3 heterocycles. The first-order valence-corrected chi connectivity index (χ1v) is 13.3. The van der Waals surface area contributed by atoms with Gasteiger partial charge in [0.1, 0.15) is 18.1 Å². The highest BCUT2D eigenvalue weighted by Crippen LogP contribution is 2.31. The maximum Gasteiger partial charge on any atom is 0.142 e. The summed E-state index contributed by atoms with van der Waals surface area (Å²) in [5, 5.41) is 5.37. The average molecular weight is 387 g/mol. The van der Waals surface area contributed by atoms with Gasteiger partial charge in [0.25, 0.3) is 0 Å². The second kappa shape index (κ2) is 8.27. The lowest BCUT2D eigenvalue weighted by Gasteiger charge is -2.15. The van der Waals surface area contributed by atoms with Crippen LogP contribution in [0.3, 0.4) is 0 Å². The molecule has 3 rings (SSSR count). The van der Waals surface area contributed by atoms with Crippen molar-refractivity contribution >= 4 is 19.1 Å². The Hall–Kier alpha value is -2.12. The molecule has 0 spiro atoms. The van der Waals surface area contributed by atoms with Gasteiger partial charge in [0.05, 0.1) is 19.0 Å². The van der Waals surface area contributed by atoms with Gasteiger partial charge in [-0.05, 0) is 18.5 Å². The Morgan fingerprint density at radius 3 is 2.59 bits per heavy atom. The van der Waals surface area contributed by atoms with Gasteiger partial charge in [0, 0.05) is 50.6 Å². The largest absolute Gasteiger partial charge is 0.492 e. The van der Waals surface area contributed by atoms with Crippen molar-refractivity contribution in [3.05, 3.63) is 30.9 Å². The fourth-order valence-corrected chi connectivity index (χ4v) is 3.64. The van der Waals surface area contributed by atoms with Gasteiger partial charge < -0.3 is 14.0 Å². The smallest absolute Gasteiger partial charge is 0.142 e. The van der Waals surface area contributed by atoms with Crippen LogP contribution in [0.25, 0.3) is 22.2 Å². The molecular formula is C20H30N4O2Si. The van der Waals surface area contributed by atoms with Crippen LogP contribution in [-0.2, 0) is 18.5 Å². The minimum atomic E-state index is -1.09. The lowest BCUT2D eigenvalue weighted by molar-refractivity contribution is 0.0899. The molecule has 0 aliphatic heterocycles. The zero-order valence-corrected chi connectivity index (χ0v) is 18.0. The third kappa shape index (κ3) is 4.99. The van der Waals surface area contributed by atoms with Gasteiger partial charge in [-0.3, -0.25) is 4.68 Å². The van der Waals surface area contributed by atoms with Crippen LogP contribution in [0.15, 0.2) is 30.9 Å². The first kappa shape index (κ1) is 19.6. The third-order valence-corrected chi connectivity index (χ3v) is 6.11. The molecule has 0 saturated carbocycles. The highest BCUT2D eigenvalue weighted by atomic mass is 28.3. The normalized spacial score (nSPS) is 12.0. The van der Waals surface area contributed by atoms with Crippen molar-refractivity contribution in [2.45, 2.75) is 45.8 Å². The van der Waals surface area contributed by atoms with E-state index in [0.29, 0.717) is 13.3 Å². The molecular weight excluding hydrogens is 356 g/mol. The first-order chi connectivity index (χ1) is 12.9. The van der Waals surface area contributed by atoms with Gasteiger partial charge in [-0.1, -0.05) is 26.6 Å². The molecule has 0 atom stereocenters. The minimum Gasteiger partial charge on any atom is -0.492 e. The summed E-state index contributed by atoms with van der Waals surface area (Å²) in [5.74, 6) is 0.798. The van der Waals surface area contributed by atoms with Crippen molar-refractivity contribution in [2.75, 3.05) is 13.2 Å². The number of fused-ring (bicyclic) bond motifs is 1. The third-order valence-electron chi connectivity index (χ3n) is 4.40. The molecule has 0 saturated heterocycles. The maximum atomic E-state index is 5.96.